The van der Waals surface area contributed by atoms with Gasteiger partial charge in [-0.25, -0.2) is 9.18 Å². The Hall–Kier alpha value is -2.90. The van der Waals surface area contributed by atoms with Gasteiger partial charge in [0.2, 0.25) is 0 Å². The van der Waals surface area contributed by atoms with Crippen molar-refractivity contribution in [3.63, 3.8) is 0 Å². The molecule has 1 N–H and O–H groups in total. The van der Waals surface area contributed by atoms with Gasteiger partial charge in [0, 0.05) is 12.6 Å². The third kappa shape index (κ3) is 3.27. The lowest BCUT2D eigenvalue weighted by Crippen LogP contribution is -2.43. The van der Waals surface area contributed by atoms with Crippen molar-refractivity contribution in [2.24, 2.45) is 11.8 Å². The quantitative estimate of drug-likeness (QED) is 0.865. The number of fused-ring (bicyclic) bond motifs is 1. The zero-order valence-electron chi connectivity index (χ0n) is 14.5. The van der Waals surface area contributed by atoms with Crippen molar-refractivity contribution in [3.8, 4) is 5.75 Å². The number of aliphatic carboxylic acids is 1. The Morgan fingerprint density at radius 1 is 1.33 bits per heavy atom. The fraction of sp³-hybridized carbons (Fsp3) is 0.421. The van der Waals surface area contributed by atoms with Crippen LogP contribution in [0.3, 0.4) is 0 Å². The molecule has 0 spiro atoms. The molecule has 7 nitrogen and oxygen atoms in total. The summed E-state index contributed by atoms with van der Waals surface area (Å²) < 4.78 is 24.0. The Labute approximate surface area is 154 Å². The third-order valence-electron chi connectivity index (χ3n) is 5.39. The number of nitrogens with zero attached hydrogens (tertiary/aromatic N) is 2. The summed E-state index contributed by atoms with van der Waals surface area (Å²) in [4.78, 5) is 25.9. The number of para-hydroxylation sites is 1. The van der Waals surface area contributed by atoms with E-state index in [0.29, 0.717) is 6.54 Å². The highest BCUT2D eigenvalue weighted by atomic mass is 19.1. The van der Waals surface area contributed by atoms with Crippen molar-refractivity contribution >= 4 is 11.9 Å². The molecule has 0 bridgehead atoms. The van der Waals surface area contributed by atoms with E-state index in [-0.39, 0.29) is 35.6 Å². The van der Waals surface area contributed by atoms with Crippen LogP contribution in [0.2, 0.25) is 0 Å². The Bertz CT molecular complexity index is 867. The summed E-state index contributed by atoms with van der Waals surface area (Å²) >= 11 is 0. The molecule has 1 aromatic heterocycles. The predicted octanol–water partition coefficient (Wildman–Crippen LogP) is 2.72. The van der Waals surface area contributed by atoms with E-state index >= 15 is 0 Å². The molecule has 2 heterocycles. The van der Waals surface area contributed by atoms with Crippen LogP contribution < -0.4 is 4.74 Å². The normalized spacial score (nSPS) is 24.0. The predicted molar refractivity (Wildman–Crippen MR) is 90.5 cm³/mol. The number of halogens is 1. The summed E-state index contributed by atoms with van der Waals surface area (Å²) in [6.45, 7) is 0.337. The molecule has 2 fully saturated rings. The van der Waals surface area contributed by atoms with Crippen molar-refractivity contribution in [1.82, 2.24) is 10.1 Å². The molecule has 1 saturated carbocycles. The lowest BCUT2D eigenvalue weighted by atomic mass is 9.94. The number of carbonyl (C=O) groups is 2. The average molecular weight is 374 g/mol. The van der Waals surface area contributed by atoms with E-state index in [4.69, 9.17) is 9.26 Å². The van der Waals surface area contributed by atoms with Gasteiger partial charge in [-0.3, -0.25) is 4.79 Å². The molecule has 3 atom stereocenters. The van der Waals surface area contributed by atoms with Crippen LogP contribution >= 0.6 is 0 Å². The van der Waals surface area contributed by atoms with Gasteiger partial charge in [-0.2, -0.15) is 0 Å². The zero-order valence-corrected chi connectivity index (χ0v) is 14.5. The highest BCUT2D eigenvalue weighted by Gasteiger charge is 2.50. The Kier molecular flexibility index (Phi) is 4.55. The van der Waals surface area contributed by atoms with Crippen molar-refractivity contribution in [3.05, 3.63) is 47.6 Å². The van der Waals surface area contributed by atoms with Crippen molar-refractivity contribution in [1.29, 1.82) is 0 Å². The smallest absolute Gasteiger partial charge is 0.326 e. The van der Waals surface area contributed by atoms with Gasteiger partial charge in [0.25, 0.3) is 5.91 Å². The molecule has 1 aliphatic carbocycles. The topological polar surface area (TPSA) is 92.9 Å². The average Bonchev–Trinajstić information content (AvgIpc) is 3.35. The monoisotopic (exact) mass is 374 g/mol. The second-order valence-electron chi connectivity index (χ2n) is 6.99. The minimum absolute atomic E-state index is 0.00205. The maximum atomic E-state index is 13.6. The number of rotatable bonds is 5. The van der Waals surface area contributed by atoms with E-state index in [0.717, 1.165) is 19.3 Å². The third-order valence-corrected chi connectivity index (χ3v) is 5.39. The summed E-state index contributed by atoms with van der Waals surface area (Å²) in [5, 5.41) is 13.3. The van der Waals surface area contributed by atoms with Crippen molar-refractivity contribution in [2.45, 2.75) is 31.9 Å². The number of benzene rings is 1. The van der Waals surface area contributed by atoms with Gasteiger partial charge >= 0.3 is 5.97 Å². The van der Waals surface area contributed by atoms with Crippen molar-refractivity contribution in [2.75, 3.05) is 6.54 Å². The van der Waals surface area contributed by atoms with Crippen molar-refractivity contribution < 1.29 is 28.3 Å². The van der Waals surface area contributed by atoms with Gasteiger partial charge in [0.1, 0.15) is 12.6 Å². The molecule has 0 radical (unpaired) electrons. The van der Waals surface area contributed by atoms with Gasteiger partial charge in [0.05, 0.1) is 0 Å². The lowest BCUT2D eigenvalue weighted by Gasteiger charge is -2.23. The van der Waals surface area contributed by atoms with E-state index in [1.165, 1.54) is 23.1 Å². The summed E-state index contributed by atoms with van der Waals surface area (Å²) in [6, 6.07) is 6.55. The fourth-order valence-corrected chi connectivity index (χ4v) is 4.17. The minimum Gasteiger partial charge on any atom is -0.482 e. The summed E-state index contributed by atoms with van der Waals surface area (Å²) in [5.41, 5.74) is 0.0355. The van der Waals surface area contributed by atoms with Crippen LogP contribution in [0.15, 0.2) is 34.9 Å². The molecule has 1 amide bonds. The molecule has 27 heavy (non-hydrogen) atoms. The first-order chi connectivity index (χ1) is 13.0. The maximum Gasteiger partial charge on any atom is 0.326 e. The van der Waals surface area contributed by atoms with Crippen LogP contribution in [-0.4, -0.2) is 39.6 Å². The Balaban J connectivity index is 1.45. The first kappa shape index (κ1) is 17.5. The van der Waals surface area contributed by atoms with Gasteiger partial charge in [-0.1, -0.05) is 23.7 Å². The highest BCUT2D eigenvalue weighted by molar-refractivity contribution is 5.95. The minimum atomic E-state index is -0.982. The number of carboxylic acid groups (broad SMARTS) is 1. The number of carboxylic acids is 1. The largest absolute Gasteiger partial charge is 0.482 e. The molecule has 1 aromatic carbocycles. The summed E-state index contributed by atoms with van der Waals surface area (Å²) in [5.74, 6) is -1.38. The van der Waals surface area contributed by atoms with E-state index in [2.05, 4.69) is 5.16 Å². The molecular formula is C19H19FN2O5. The van der Waals surface area contributed by atoms with Crippen LogP contribution in [0, 0.1) is 17.7 Å². The van der Waals surface area contributed by atoms with E-state index in [9.17, 15) is 19.1 Å². The number of ether oxygens (including phenoxy) is 1. The number of likely N-dealkylation sites (tertiary alicyclic amines) is 1. The molecule has 2 aromatic rings. The molecule has 142 valence electrons. The van der Waals surface area contributed by atoms with Gasteiger partial charge in [-0.05, 0) is 36.8 Å². The second-order valence-corrected chi connectivity index (χ2v) is 6.99. The molecule has 3 unspecified atom stereocenters. The first-order valence-corrected chi connectivity index (χ1v) is 8.91. The van der Waals surface area contributed by atoms with Gasteiger partial charge < -0.3 is 19.3 Å². The fourth-order valence-electron chi connectivity index (χ4n) is 4.17. The molecule has 1 aliphatic heterocycles. The summed E-state index contributed by atoms with van der Waals surface area (Å²) in [7, 11) is 0. The summed E-state index contributed by atoms with van der Waals surface area (Å²) in [6.07, 6.45) is 2.77. The number of carbonyl (C=O) groups excluding carboxylic acids is 1. The Morgan fingerprint density at radius 2 is 2.15 bits per heavy atom. The number of hydrogen-bond donors (Lipinski definition) is 1. The molecule has 8 heteroatoms. The van der Waals surface area contributed by atoms with Gasteiger partial charge in [-0.15, -0.1) is 0 Å². The highest BCUT2D eigenvalue weighted by Crippen LogP contribution is 2.42. The van der Waals surface area contributed by atoms with Crippen LogP contribution in [0.5, 0.6) is 5.75 Å². The number of aromatic nitrogens is 1. The van der Waals surface area contributed by atoms with Crippen LogP contribution in [-0.2, 0) is 11.4 Å². The second kappa shape index (κ2) is 7.02. The number of hydrogen-bond acceptors (Lipinski definition) is 5. The molecule has 4 rings (SSSR count). The number of amides is 1. The molecule has 1 saturated heterocycles. The van der Waals surface area contributed by atoms with E-state index in [1.807, 2.05) is 0 Å². The van der Waals surface area contributed by atoms with E-state index in [1.54, 1.807) is 12.1 Å². The zero-order chi connectivity index (χ0) is 19.0. The maximum absolute atomic E-state index is 13.6. The van der Waals surface area contributed by atoms with Crippen LogP contribution in [0.25, 0.3) is 0 Å². The first-order valence-electron chi connectivity index (χ1n) is 8.91. The molecule has 2 aliphatic rings. The van der Waals surface area contributed by atoms with Crippen LogP contribution in [0.4, 0.5) is 4.39 Å². The SMILES string of the molecule is O=C(O)C1C2CCCC2CN1C(=O)c1cc(COc2ccccc2F)on1. The van der Waals surface area contributed by atoms with Crippen LogP contribution in [0.1, 0.15) is 35.5 Å². The molecular weight excluding hydrogens is 355 g/mol. The van der Waals surface area contributed by atoms with Gasteiger partial charge in [0.15, 0.2) is 23.0 Å². The van der Waals surface area contributed by atoms with E-state index < -0.39 is 23.7 Å². The Morgan fingerprint density at radius 3 is 2.93 bits per heavy atom. The standard InChI is InChI=1S/C19H19FN2O5/c20-14-6-1-2-7-16(14)26-10-12-8-15(21-27-12)18(23)22-9-11-4-3-5-13(11)17(22)19(24)25/h1-2,6-8,11,13,17H,3-5,9-10H2,(H,24,25). The lowest BCUT2D eigenvalue weighted by molar-refractivity contribution is -0.142.